The quantitative estimate of drug-likeness (QED) is 0.869. The lowest BCUT2D eigenvalue weighted by atomic mass is 10.2. The van der Waals surface area contributed by atoms with Crippen LogP contribution in [0.5, 0.6) is 5.75 Å². The molecular weight excluding hydrogens is 254 g/mol. The van der Waals surface area contributed by atoms with Crippen LogP contribution in [-0.4, -0.2) is 50.1 Å². The van der Waals surface area contributed by atoms with Crippen LogP contribution in [0.1, 0.15) is 12.5 Å². The van der Waals surface area contributed by atoms with Gasteiger partial charge < -0.3 is 15.4 Å². The van der Waals surface area contributed by atoms with Crippen LogP contribution in [0.3, 0.4) is 0 Å². The number of benzene rings is 1. The van der Waals surface area contributed by atoms with E-state index >= 15 is 0 Å². The molecule has 2 N–H and O–H groups in total. The lowest BCUT2D eigenvalue weighted by Gasteiger charge is -2.31. The molecule has 0 spiro atoms. The molecule has 5 nitrogen and oxygen atoms in total. The van der Waals surface area contributed by atoms with Gasteiger partial charge in [0.05, 0.1) is 18.8 Å². The van der Waals surface area contributed by atoms with E-state index in [1.807, 2.05) is 32.0 Å². The van der Waals surface area contributed by atoms with Gasteiger partial charge in [-0.05, 0) is 31.5 Å². The average molecular weight is 277 g/mol. The minimum absolute atomic E-state index is 0.0100. The first-order valence-electron chi connectivity index (χ1n) is 7.02. The highest BCUT2D eigenvalue weighted by Crippen LogP contribution is 2.25. The zero-order valence-electron chi connectivity index (χ0n) is 12.4. The number of carbonyl (C=O) groups excluding carboxylic acids is 1. The van der Waals surface area contributed by atoms with Crippen LogP contribution in [0, 0.1) is 6.92 Å². The molecule has 0 aromatic heterocycles. The zero-order chi connectivity index (χ0) is 14.5. The van der Waals surface area contributed by atoms with Gasteiger partial charge in [-0.15, -0.1) is 0 Å². The van der Waals surface area contributed by atoms with Crippen LogP contribution >= 0.6 is 0 Å². The molecule has 0 bridgehead atoms. The first-order valence-corrected chi connectivity index (χ1v) is 7.02. The predicted octanol–water partition coefficient (Wildman–Crippen LogP) is 1.24. The average Bonchev–Trinajstić information content (AvgIpc) is 2.47. The number of ether oxygens (including phenoxy) is 1. The monoisotopic (exact) mass is 277 g/mol. The number of hydrogen-bond donors (Lipinski definition) is 2. The largest absolute Gasteiger partial charge is 0.495 e. The van der Waals surface area contributed by atoms with Crippen LogP contribution in [0.4, 0.5) is 5.69 Å². The van der Waals surface area contributed by atoms with Crippen molar-refractivity contribution in [3.05, 3.63) is 23.8 Å². The number of hydrogen-bond acceptors (Lipinski definition) is 4. The second kappa shape index (κ2) is 6.72. The summed E-state index contributed by atoms with van der Waals surface area (Å²) < 4.78 is 5.29. The Morgan fingerprint density at radius 1 is 1.40 bits per heavy atom. The number of nitrogens with zero attached hydrogens (tertiary/aromatic N) is 1. The maximum Gasteiger partial charge on any atom is 0.241 e. The highest BCUT2D eigenvalue weighted by Gasteiger charge is 2.23. The summed E-state index contributed by atoms with van der Waals surface area (Å²) >= 11 is 0. The summed E-state index contributed by atoms with van der Waals surface area (Å²) in [7, 11) is 1.61. The Labute approximate surface area is 120 Å². The van der Waals surface area contributed by atoms with Gasteiger partial charge in [-0.1, -0.05) is 6.07 Å². The molecule has 1 saturated heterocycles. The van der Waals surface area contributed by atoms with Crippen LogP contribution in [0.25, 0.3) is 0 Å². The van der Waals surface area contributed by atoms with Crippen LogP contribution in [0.15, 0.2) is 18.2 Å². The Balaban J connectivity index is 2.05. The van der Waals surface area contributed by atoms with Gasteiger partial charge in [0.15, 0.2) is 0 Å². The van der Waals surface area contributed by atoms with Gasteiger partial charge in [0.25, 0.3) is 0 Å². The molecule has 1 aliphatic heterocycles. The highest BCUT2D eigenvalue weighted by atomic mass is 16.5. The van der Waals surface area contributed by atoms with E-state index < -0.39 is 0 Å². The number of nitrogens with one attached hydrogen (secondary N) is 2. The van der Waals surface area contributed by atoms with Crippen molar-refractivity contribution in [2.24, 2.45) is 0 Å². The molecule has 1 unspecified atom stereocenters. The fraction of sp³-hybridized carbons (Fsp3) is 0.533. The third-order valence-electron chi connectivity index (χ3n) is 3.69. The van der Waals surface area contributed by atoms with E-state index in [4.69, 9.17) is 4.74 Å². The minimum atomic E-state index is -0.137. The van der Waals surface area contributed by atoms with Crippen molar-refractivity contribution in [3.8, 4) is 5.75 Å². The molecule has 2 rings (SSSR count). The normalized spacial score (nSPS) is 17.6. The summed E-state index contributed by atoms with van der Waals surface area (Å²) in [6.45, 7) is 7.62. The van der Waals surface area contributed by atoms with E-state index in [2.05, 4.69) is 15.5 Å². The van der Waals surface area contributed by atoms with Crippen molar-refractivity contribution in [1.82, 2.24) is 10.2 Å². The third kappa shape index (κ3) is 3.49. The Bertz CT molecular complexity index is 470. The van der Waals surface area contributed by atoms with Crippen molar-refractivity contribution in [2.45, 2.75) is 19.9 Å². The summed E-state index contributed by atoms with van der Waals surface area (Å²) in [5.41, 5.74) is 1.83. The van der Waals surface area contributed by atoms with Crippen LogP contribution in [0.2, 0.25) is 0 Å². The smallest absolute Gasteiger partial charge is 0.241 e. The molecule has 1 aliphatic rings. The van der Waals surface area contributed by atoms with E-state index in [1.54, 1.807) is 7.11 Å². The molecule has 20 heavy (non-hydrogen) atoms. The van der Waals surface area contributed by atoms with Gasteiger partial charge >= 0.3 is 0 Å². The molecule has 0 radical (unpaired) electrons. The number of rotatable bonds is 4. The number of methoxy groups -OCH3 is 1. The zero-order valence-corrected chi connectivity index (χ0v) is 12.4. The molecule has 0 aliphatic carbocycles. The van der Waals surface area contributed by atoms with E-state index in [-0.39, 0.29) is 11.9 Å². The number of amides is 1. The van der Waals surface area contributed by atoms with Gasteiger partial charge in [-0.2, -0.15) is 0 Å². The lowest BCUT2D eigenvalue weighted by molar-refractivity contribution is -0.121. The Kier molecular flexibility index (Phi) is 4.98. The summed E-state index contributed by atoms with van der Waals surface area (Å²) in [6, 6.07) is 5.64. The van der Waals surface area contributed by atoms with Gasteiger partial charge in [0.2, 0.25) is 5.91 Å². The van der Waals surface area contributed by atoms with Crippen molar-refractivity contribution in [2.75, 3.05) is 38.6 Å². The summed E-state index contributed by atoms with van der Waals surface area (Å²) in [6.07, 6.45) is 0. The van der Waals surface area contributed by atoms with Crippen LogP contribution in [-0.2, 0) is 4.79 Å². The number of carbonyl (C=O) groups is 1. The molecule has 1 heterocycles. The van der Waals surface area contributed by atoms with Gasteiger partial charge in [0.1, 0.15) is 5.75 Å². The molecule has 110 valence electrons. The van der Waals surface area contributed by atoms with Gasteiger partial charge in [0, 0.05) is 26.2 Å². The van der Waals surface area contributed by atoms with E-state index in [0.717, 1.165) is 37.4 Å². The fourth-order valence-corrected chi connectivity index (χ4v) is 2.39. The minimum Gasteiger partial charge on any atom is -0.495 e. The maximum absolute atomic E-state index is 12.4. The number of piperazine rings is 1. The molecule has 1 fully saturated rings. The Hall–Kier alpha value is -1.59. The van der Waals surface area contributed by atoms with Gasteiger partial charge in [-0.3, -0.25) is 9.69 Å². The number of aryl methyl sites for hydroxylation is 1. The highest BCUT2D eigenvalue weighted by molar-refractivity contribution is 5.95. The molecular formula is C15H23N3O2. The van der Waals surface area contributed by atoms with Crippen molar-refractivity contribution < 1.29 is 9.53 Å². The Morgan fingerprint density at radius 3 is 2.75 bits per heavy atom. The molecule has 0 saturated carbocycles. The number of anilines is 1. The first kappa shape index (κ1) is 14.8. The molecule has 1 atom stereocenters. The van der Waals surface area contributed by atoms with E-state index in [1.165, 1.54) is 0 Å². The Morgan fingerprint density at radius 2 is 2.10 bits per heavy atom. The van der Waals surface area contributed by atoms with Crippen LogP contribution < -0.4 is 15.4 Å². The molecule has 5 heteroatoms. The maximum atomic E-state index is 12.4. The topological polar surface area (TPSA) is 53.6 Å². The van der Waals surface area contributed by atoms with E-state index in [0.29, 0.717) is 5.75 Å². The van der Waals surface area contributed by atoms with E-state index in [9.17, 15) is 4.79 Å². The summed E-state index contributed by atoms with van der Waals surface area (Å²) in [4.78, 5) is 14.6. The van der Waals surface area contributed by atoms with Crippen molar-refractivity contribution >= 4 is 11.6 Å². The second-order valence-corrected chi connectivity index (χ2v) is 5.15. The third-order valence-corrected chi connectivity index (χ3v) is 3.69. The molecule has 1 aromatic rings. The van der Waals surface area contributed by atoms with Crippen molar-refractivity contribution in [3.63, 3.8) is 0 Å². The lowest BCUT2D eigenvalue weighted by Crippen LogP contribution is -2.51. The fourth-order valence-electron chi connectivity index (χ4n) is 2.39. The summed E-state index contributed by atoms with van der Waals surface area (Å²) in [5, 5.41) is 6.26. The second-order valence-electron chi connectivity index (χ2n) is 5.15. The first-order chi connectivity index (χ1) is 9.61. The SMILES string of the molecule is COc1ccc(C)cc1NC(=O)C(C)N1CCNCC1. The van der Waals surface area contributed by atoms with Gasteiger partial charge in [-0.25, -0.2) is 0 Å². The predicted molar refractivity (Wildman–Crippen MR) is 80.3 cm³/mol. The van der Waals surface area contributed by atoms with Crippen molar-refractivity contribution in [1.29, 1.82) is 0 Å². The molecule has 1 aromatic carbocycles. The standard InChI is InChI=1S/C15H23N3O2/c1-11-4-5-14(20-3)13(10-11)17-15(19)12(2)18-8-6-16-7-9-18/h4-5,10,12,16H,6-9H2,1-3H3,(H,17,19). The molecule has 1 amide bonds. The summed E-state index contributed by atoms with van der Waals surface area (Å²) in [5.74, 6) is 0.701.